The maximum absolute atomic E-state index is 12.4. The predicted molar refractivity (Wildman–Crippen MR) is 89.8 cm³/mol. The van der Waals surface area contributed by atoms with Crippen LogP contribution in [0.2, 0.25) is 0 Å². The molecule has 2 atom stereocenters. The lowest BCUT2D eigenvalue weighted by atomic mass is 10.0. The second-order valence-corrected chi connectivity index (χ2v) is 5.21. The van der Waals surface area contributed by atoms with Crippen molar-refractivity contribution in [1.82, 2.24) is 16.0 Å². The predicted octanol–water partition coefficient (Wildman–Crippen LogP) is 2.53. The average molecular weight is 311 g/mol. The van der Waals surface area contributed by atoms with E-state index in [0.717, 1.165) is 11.1 Å². The van der Waals surface area contributed by atoms with Crippen LogP contribution in [0.3, 0.4) is 0 Å². The summed E-state index contributed by atoms with van der Waals surface area (Å²) in [6.07, 6.45) is 0. The average Bonchev–Trinajstić information content (AvgIpc) is 2.60. The zero-order valence-electron chi connectivity index (χ0n) is 13.2. The highest BCUT2D eigenvalue weighted by Crippen LogP contribution is 2.19. The molecule has 2 aromatic rings. The van der Waals surface area contributed by atoms with Crippen molar-refractivity contribution >= 4 is 11.9 Å². The highest BCUT2D eigenvalue weighted by Gasteiger charge is 2.24. The van der Waals surface area contributed by atoms with Crippen LogP contribution in [0.25, 0.3) is 0 Å². The molecule has 0 saturated heterocycles. The Morgan fingerprint density at radius 3 is 1.91 bits per heavy atom. The Balaban J connectivity index is 2.20. The van der Waals surface area contributed by atoms with Gasteiger partial charge in [0.1, 0.15) is 6.04 Å². The van der Waals surface area contributed by atoms with Gasteiger partial charge in [0.25, 0.3) is 0 Å². The standard InChI is InChI=1S/C18H21N3O2/c1-13(14-9-5-3-6-10-14)20-16(15-11-7-4-8-12-15)17(22)21-18(23)19-2/h3-13,16,20H,1-2H3,(H2,19,21,22,23)/t13-,16-/m0/s1. The number of benzene rings is 2. The lowest BCUT2D eigenvalue weighted by molar-refractivity contribution is -0.122. The largest absolute Gasteiger partial charge is 0.341 e. The number of carbonyl (C=O) groups excluding carboxylic acids is 2. The second kappa shape index (κ2) is 8.10. The Labute approximate surface area is 136 Å². The molecule has 0 radical (unpaired) electrons. The summed E-state index contributed by atoms with van der Waals surface area (Å²) in [4.78, 5) is 23.9. The Hall–Kier alpha value is -2.66. The summed E-state index contributed by atoms with van der Waals surface area (Å²) in [6, 6.07) is 18.0. The van der Waals surface area contributed by atoms with E-state index in [2.05, 4.69) is 16.0 Å². The monoisotopic (exact) mass is 311 g/mol. The topological polar surface area (TPSA) is 70.2 Å². The van der Waals surface area contributed by atoms with E-state index < -0.39 is 18.0 Å². The minimum atomic E-state index is -0.622. The summed E-state index contributed by atoms with van der Waals surface area (Å²) in [5.41, 5.74) is 1.87. The van der Waals surface area contributed by atoms with E-state index in [0.29, 0.717) is 0 Å². The van der Waals surface area contributed by atoms with Gasteiger partial charge in [0.15, 0.2) is 0 Å². The molecule has 3 amide bonds. The van der Waals surface area contributed by atoms with Crippen LogP contribution in [-0.4, -0.2) is 19.0 Å². The molecule has 2 aromatic carbocycles. The van der Waals surface area contributed by atoms with E-state index in [9.17, 15) is 9.59 Å². The van der Waals surface area contributed by atoms with E-state index in [1.54, 1.807) is 0 Å². The summed E-state index contributed by atoms with van der Waals surface area (Å²) < 4.78 is 0. The van der Waals surface area contributed by atoms with Crippen LogP contribution in [0.1, 0.15) is 30.1 Å². The maximum atomic E-state index is 12.4. The van der Waals surface area contributed by atoms with E-state index >= 15 is 0 Å². The normalized spacial score (nSPS) is 13.0. The van der Waals surface area contributed by atoms with Crippen molar-refractivity contribution in [1.29, 1.82) is 0 Å². The molecule has 23 heavy (non-hydrogen) atoms. The molecule has 5 heteroatoms. The van der Waals surface area contributed by atoms with Gasteiger partial charge in [-0.25, -0.2) is 4.79 Å². The van der Waals surface area contributed by atoms with Gasteiger partial charge in [0, 0.05) is 13.1 Å². The first-order valence-electron chi connectivity index (χ1n) is 7.50. The van der Waals surface area contributed by atoms with E-state index in [1.165, 1.54) is 7.05 Å². The fourth-order valence-electron chi connectivity index (χ4n) is 2.30. The zero-order valence-corrected chi connectivity index (χ0v) is 13.2. The van der Waals surface area contributed by atoms with Crippen molar-refractivity contribution in [2.24, 2.45) is 0 Å². The zero-order chi connectivity index (χ0) is 16.7. The molecule has 0 unspecified atom stereocenters. The molecular formula is C18H21N3O2. The van der Waals surface area contributed by atoms with Crippen molar-refractivity contribution in [2.45, 2.75) is 19.0 Å². The van der Waals surface area contributed by atoms with Gasteiger partial charge < -0.3 is 5.32 Å². The van der Waals surface area contributed by atoms with Gasteiger partial charge in [0.2, 0.25) is 5.91 Å². The van der Waals surface area contributed by atoms with Crippen LogP contribution < -0.4 is 16.0 Å². The third kappa shape index (κ3) is 4.66. The summed E-state index contributed by atoms with van der Waals surface area (Å²) in [6.45, 7) is 1.98. The van der Waals surface area contributed by atoms with Gasteiger partial charge in [-0.15, -0.1) is 0 Å². The fraction of sp³-hybridized carbons (Fsp3) is 0.222. The number of nitrogens with one attached hydrogen (secondary N) is 3. The Morgan fingerprint density at radius 2 is 1.39 bits per heavy atom. The minimum absolute atomic E-state index is 0.0446. The molecule has 0 heterocycles. The summed E-state index contributed by atoms with van der Waals surface area (Å²) in [5, 5.41) is 8.01. The van der Waals surface area contributed by atoms with Gasteiger partial charge in [-0.05, 0) is 18.1 Å². The van der Waals surface area contributed by atoms with Crippen molar-refractivity contribution in [3.63, 3.8) is 0 Å². The molecule has 0 bridgehead atoms. The first-order valence-corrected chi connectivity index (χ1v) is 7.50. The lowest BCUT2D eigenvalue weighted by Crippen LogP contribution is -2.44. The van der Waals surface area contributed by atoms with Crippen molar-refractivity contribution in [3.05, 3.63) is 71.8 Å². The molecular weight excluding hydrogens is 290 g/mol. The van der Waals surface area contributed by atoms with Crippen LogP contribution >= 0.6 is 0 Å². The number of amides is 3. The van der Waals surface area contributed by atoms with E-state index in [4.69, 9.17) is 0 Å². The molecule has 0 saturated carbocycles. The minimum Gasteiger partial charge on any atom is -0.341 e. The number of rotatable bonds is 5. The van der Waals surface area contributed by atoms with Crippen molar-refractivity contribution in [3.8, 4) is 0 Å². The number of hydrogen-bond donors (Lipinski definition) is 3. The SMILES string of the molecule is CNC(=O)NC(=O)[C@@H](N[C@@H](C)c1ccccc1)c1ccccc1. The summed E-state index contributed by atoms with van der Waals surface area (Å²) >= 11 is 0. The molecule has 0 aliphatic carbocycles. The Bertz CT molecular complexity index is 644. The number of urea groups is 1. The van der Waals surface area contributed by atoms with Crippen molar-refractivity contribution < 1.29 is 9.59 Å². The van der Waals surface area contributed by atoms with Gasteiger partial charge in [0.05, 0.1) is 0 Å². The fourth-order valence-corrected chi connectivity index (χ4v) is 2.30. The highest BCUT2D eigenvalue weighted by atomic mass is 16.2. The smallest absolute Gasteiger partial charge is 0.321 e. The van der Waals surface area contributed by atoms with E-state index in [1.807, 2.05) is 67.6 Å². The first-order chi connectivity index (χ1) is 11.1. The molecule has 0 spiro atoms. The van der Waals surface area contributed by atoms with E-state index in [-0.39, 0.29) is 6.04 Å². The molecule has 5 nitrogen and oxygen atoms in total. The number of imide groups is 1. The summed E-state index contributed by atoms with van der Waals surface area (Å²) in [7, 11) is 1.47. The van der Waals surface area contributed by atoms with Gasteiger partial charge in [-0.3, -0.25) is 15.4 Å². The van der Waals surface area contributed by atoms with Crippen LogP contribution in [0, 0.1) is 0 Å². The van der Waals surface area contributed by atoms with Crippen LogP contribution in [0.5, 0.6) is 0 Å². The highest BCUT2D eigenvalue weighted by molar-refractivity contribution is 5.97. The van der Waals surface area contributed by atoms with Gasteiger partial charge in [-0.1, -0.05) is 60.7 Å². The second-order valence-electron chi connectivity index (χ2n) is 5.21. The molecule has 2 rings (SSSR count). The summed E-state index contributed by atoms with van der Waals surface area (Å²) in [5.74, 6) is -0.390. The lowest BCUT2D eigenvalue weighted by Gasteiger charge is -2.23. The third-order valence-electron chi connectivity index (χ3n) is 3.58. The molecule has 3 N–H and O–H groups in total. The molecule has 0 aromatic heterocycles. The molecule has 0 aliphatic heterocycles. The van der Waals surface area contributed by atoms with Crippen molar-refractivity contribution in [2.75, 3.05) is 7.05 Å². The first kappa shape index (κ1) is 16.7. The molecule has 120 valence electrons. The van der Waals surface area contributed by atoms with Crippen LogP contribution in [0.15, 0.2) is 60.7 Å². The Kier molecular flexibility index (Phi) is 5.88. The third-order valence-corrected chi connectivity index (χ3v) is 3.58. The quantitative estimate of drug-likeness (QED) is 0.794. The maximum Gasteiger partial charge on any atom is 0.321 e. The van der Waals surface area contributed by atoms with Crippen LogP contribution in [0.4, 0.5) is 4.79 Å². The number of carbonyl (C=O) groups is 2. The number of hydrogen-bond acceptors (Lipinski definition) is 3. The molecule has 0 aliphatic rings. The Morgan fingerprint density at radius 1 is 0.870 bits per heavy atom. The van der Waals surface area contributed by atoms with Gasteiger partial charge in [-0.2, -0.15) is 0 Å². The molecule has 0 fully saturated rings. The van der Waals surface area contributed by atoms with Gasteiger partial charge >= 0.3 is 6.03 Å². The van der Waals surface area contributed by atoms with Crippen LogP contribution in [-0.2, 0) is 4.79 Å².